The first-order valence-corrected chi connectivity index (χ1v) is 5.01. The van der Waals surface area contributed by atoms with E-state index in [1.54, 1.807) is 0 Å². The standard InChI is InChI=1S/C10H16N2O2/c1-7-3-4-13-9(7)10-8(5-11-2)12-6-14-10/h6-7,9,11H,3-5H2,1-2H3. The predicted molar refractivity (Wildman–Crippen MR) is 51.7 cm³/mol. The average molecular weight is 196 g/mol. The lowest BCUT2D eigenvalue weighted by Gasteiger charge is -2.12. The third-order valence-corrected chi connectivity index (χ3v) is 2.66. The molecule has 0 radical (unpaired) electrons. The number of hydrogen-bond acceptors (Lipinski definition) is 4. The van der Waals surface area contributed by atoms with Gasteiger partial charge in [-0.1, -0.05) is 6.92 Å². The van der Waals surface area contributed by atoms with Crippen LogP contribution in [0.15, 0.2) is 10.8 Å². The van der Waals surface area contributed by atoms with E-state index in [0.29, 0.717) is 5.92 Å². The van der Waals surface area contributed by atoms with Gasteiger partial charge in [0.05, 0.1) is 5.69 Å². The lowest BCUT2D eigenvalue weighted by atomic mass is 10.0. The van der Waals surface area contributed by atoms with Crippen molar-refractivity contribution in [3.63, 3.8) is 0 Å². The summed E-state index contributed by atoms with van der Waals surface area (Å²) in [5, 5.41) is 3.07. The van der Waals surface area contributed by atoms with Crippen LogP contribution in [0, 0.1) is 5.92 Å². The summed E-state index contributed by atoms with van der Waals surface area (Å²) in [5.74, 6) is 1.42. The van der Waals surface area contributed by atoms with E-state index >= 15 is 0 Å². The second kappa shape index (κ2) is 4.11. The zero-order chi connectivity index (χ0) is 9.97. The van der Waals surface area contributed by atoms with Gasteiger partial charge in [0, 0.05) is 13.2 Å². The number of rotatable bonds is 3. The molecule has 78 valence electrons. The molecule has 0 amide bonds. The Labute approximate surface area is 83.7 Å². The zero-order valence-corrected chi connectivity index (χ0v) is 8.62. The highest BCUT2D eigenvalue weighted by molar-refractivity contribution is 5.12. The Morgan fingerprint density at radius 1 is 1.64 bits per heavy atom. The maximum atomic E-state index is 5.64. The van der Waals surface area contributed by atoms with Crippen LogP contribution in [0.25, 0.3) is 0 Å². The second-order valence-electron chi connectivity index (χ2n) is 3.75. The highest BCUT2D eigenvalue weighted by Crippen LogP contribution is 2.35. The summed E-state index contributed by atoms with van der Waals surface area (Å²) in [7, 11) is 1.90. The molecule has 1 aliphatic heterocycles. The molecule has 2 atom stereocenters. The quantitative estimate of drug-likeness (QED) is 0.795. The molecule has 1 aliphatic rings. The van der Waals surface area contributed by atoms with Gasteiger partial charge < -0.3 is 14.5 Å². The lowest BCUT2D eigenvalue weighted by molar-refractivity contribution is 0.0750. The van der Waals surface area contributed by atoms with Crippen molar-refractivity contribution in [2.45, 2.75) is 26.0 Å². The second-order valence-corrected chi connectivity index (χ2v) is 3.75. The number of nitrogens with one attached hydrogen (secondary N) is 1. The van der Waals surface area contributed by atoms with Gasteiger partial charge in [-0.05, 0) is 19.4 Å². The van der Waals surface area contributed by atoms with Crippen LogP contribution >= 0.6 is 0 Å². The molecule has 1 aromatic rings. The molecule has 1 N–H and O–H groups in total. The van der Waals surface area contributed by atoms with Crippen LogP contribution in [0.4, 0.5) is 0 Å². The molecule has 4 nitrogen and oxygen atoms in total. The van der Waals surface area contributed by atoms with Crippen LogP contribution in [0.1, 0.15) is 30.9 Å². The summed E-state index contributed by atoms with van der Waals surface area (Å²) in [6.45, 7) is 3.74. The van der Waals surface area contributed by atoms with E-state index in [1.807, 2.05) is 7.05 Å². The Hall–Kier alpha value is -0.870. The van der Waals surface area contributed by atoms with Crippen molar-refractivity contribution in [3.05, 3.63) is 17.8 Å². The number of hydrogen-bond donors (Lipinski definition) is 1. The SMILES string of the molecule is CNCc1ncoc1C1OCCC1C. The fraction of sp³-hybridized carbons (Fsp3) is 0.700. The van der Waals surface area contributed by atoms with E-state index in [0.717, 1.165) is 31.0 Å². The van der Waals surface area contributed by atoms with Gasteiger partial charge in [0.25, 0.3) is 0 Å². The number of aromatic nitrogens is 1. The van der Waals surface area contributed by atoms with Gasteiger partial charge >= 0.3 is 0 Å². The molecule has 2 rings (SSSR count). The predicted octanol–water partition coefficient (Wildman–Crippen LogP) is 1.49. The van der Waals surface area contributed by atoms with E-state index in [-0.39, 0.29) is 6.10 Å². The summed E-state index contributed by atoms with van der Waals surface area (Å²) in [5.41, 5.74) is 0.964. The minimum atomic E-state index is 0.0980. The zero-order valence-electron chi connectivity index (χ0n) is 8.62. The van der Waals surface area contributed by atoms with Gasteiger partial charge in [0.2, 0.25) is 0 Å². The van der Waals surface area contributed by atoms with E-state index < -0.39 is 0 Å². The van der Waals surface area contributed by atoms with E-state index in [4.69, 9.17) is 9.15 Å². The summed E-state index contributed by atoms with van der Waals surface area (Å²) in [4.78, 5) is 4.18. The summed E-state index contributed by atoms with van der Waals surface area (Å²) in [6.07, 6.45) is 2.70. The Bertz CT molecular complexity index is 298. The Kier molecular flexibility index (Phi) is 2.84. The molecule has 0 spiro atoms. The molecule has 1 aromatic heterocycles. The molecule has 0 aliphatic carbocycles. The van der Waals surface area contributed by atoms with Crippen molar-refractivity contribution >= 4 is 0 Å². The lowest BCUT2D eigenvalue weighted by Crippen LogP contribution is -2.11. The van der Waals surface area contributed by atoms with Gasteiger partial charge in [-0.2, -0.15) is 0 Å². The van der Waals surface area contributed by atoms with Crippen LogP contribution in [-0.2, 0) is 11.3 Å². The molecule has 0 saturated carbocycles. The number of nitrogens with zero attached hydrogens (tertiary/aromatic N) is 1. The Morgan fingerprint density at radius 2 is 2.50 bits per heavy atom. The Morgan fingerprint density at radius 3 is 3.14 bits per heavy atom. The van der Waals surface area contributed by atoms with Crippen molar-refractivity contribution in [2.24, 2.45) is 5.92 Å². The molecular weight excluding hydrogens is 180 g/mol. The van der Waals surface area contributed by atoms with Crippen LogP contribution in [0.2, 0.25) is 0 Å². The first kappa shape index (κ1) is 9.68. The van der Waals surface area contributed by atoms with Crippen molar-refractivity contribution in [1.82, 2.24) is 10.3 Å². The maximum absolute atomic E-state index is 5.64. The van der Waals surface area contributed by atoms with Gasteiger partial charge in [0.15, 0.2) is 12.2 Å². The summed E-state index contributed by atoms with van der Waals surface area (Å²) in [6, 6.07) is 0. The number of ether oxygens (including phenoxy) is 1. The summed E-state index contributed by atoms with van der Waals surface area (Å²) < 4.78 is 11.0. The molecule has 2 unspecified atom stereocenters. The highest BCUT2D eigenvalue weighted by Gasteiger charge is 2.30. The normalized spacial score (nSPS) is 27.0. The summed E-state index contributed by atoms with van der Waals surface area (Å²) >= 11 is 0. The first-order chi connectivity index (χ1) is 6.83. The monoisotopic (exact) mass is 196 g/mol. The molecule has 1 fully saturated rings. The smallest absolute Gasteiger partial charge is 0.181 e. The molecule has 4 heteroatoms. The molecule has 2 heterocycles. The molecular formula is C10H16N2O2. The third-order valence-electron chi connectivity index (χ3n) is 2.66. The van der Waals surface area contributed by atoms with Gasteiger partial charge in [-0.25, -0.2) is 4.98 Å². The van der Waals surface area contributed by atoms with Crippen LogP contribution < -0.4 is 5.32 Å². The minimum Gasteiger partial charge on any atom is -0.445 e. The largest absolute Gasteiger partial charge is 0.445 e. The Balaban J connectivity index is 2.17. The molecule has 0 bridgehead atoms. The first-order valence-electron chi connectivity index (χ1n) is 5.01. The van der Waals surface area contributed by atoms with Crippen LogP contribution in [-0.4, -0.2) is 18.6 Å². The topological polar surface area (TPSA) is 47.3 Å². The van der Waals surface area contributed by atoms with Gasteiger partial charge in [-0.15, -0.1) is 0 Å². The van der Waals surface area contributed by atoms with Crippen molar-refractivity contribution in [2.75, 3.05) is 13.7 Å². The van der Waals surface area contributed by atoms with Crippen molar-refractivity contribution in [3.8, 4) is 0 Å². The minimum absolute atomic E-state index is 0.0980. The van der Waals surface area contributed by atoms with E-state index in [1.165, 1.54) is 6.39 Å². The van der Waals surface area contributed by atoms with Gasteiger partial charge in [0.1, 0.15) is 6.10 Å². The van der Waals surface area contributed by atoms with Crippen LogP contribution in [0.3, 0.4) is 0 Å². The highest BCUT2D eigenvalue weighted by atomic mass is 16.5. The average Bonchev–Trinajstić information content (AvgIpc) is 2.74. The molecule has 0 aromatic carbocycles. The van der Waals surface area contributed by atoms with Gasteiger partial charge in [-0.3, -0.25) is 0 Å². The fourth-order valence-electron chi connectivity index (χ4n) is 1.84. The fourth-order valence-corrected chi connectivity index (χ4v) is 1.84. The maximum Gasteiger partial charge on any atom is 0.181 e. The molecule has 1 saturated heterocycles. The van der Waals surface area contributed by atoms with E-state index in [9.17, 15) is 0 Å². The van der Waals surface area contributed by atoms with Crippen molar-refractivity contribution in [1.29, 1.82) is 0 Å². The third kappa shape index (κ3) is 1.67. The van der Waals surface area contributed by atoms with Crippen molar-refractivity contribution < 1.29 is 9.15 Å². The van der Waals surface area contributed by atoms with Crippen LogP contribution in [0.5, 0.6) is 0 Å². The van der Waals surface area contributed by atoms with E-state index in [2.05, 4.69) is 17.2 Å². The molecule has 14 heavy (non-hydrogen) atoms. The number of oxazole rings is 1.